The summed E-state index contributed by atoms with van der Waals surface area (Å²) in [7, 11) is 0. The molecule has 17 heavy (non-hydrogen) atoms. The molecule has 5 heteroatoms. The van der Waals surface area contributed by atoms with Gasteiger partial charge in [-0.25, -0.2) is 4.39 Å². The Labute approximate surface area is 99.0 Å². The van der Waals surface area contributed by atoms with E-state index in [2.05, 4.69) is 21.9 Å². The van der Waals surface area contributed by atoms with Gasteiger partial charge in [0.05, 0.1) is 12.2 Å². The van der Waals surface area contributed by atoms with E-state index in [4.69, 9.17) is 10.3 Å². The maximum absolute atomic E-state index is 13.5. The van der Waals surface area contributed by atoms with Crippen LogP contribution >= 0.6 is 0 Å². The van der Waals surface area contributed by atoms with E-state index in [1.165, 1.54) is 6.07 Å². The van der Waals surface area contributed by atoms with Crippen LogP contribution in [-0.2, 0) is 0 Å². The number of azide groups is 1. The standard InChI is InChI=1S/C12H12FN3O/c1-2-17-11-7-6-10(12(13)9-11)5-3-4-8-15-16-14/h6-7,9H,2,4,8H2,1H3. The zero-order valence-corrected chi connectivity index (χ0v) is 9.48. The predicted molar refractivity (Wildman–Crippen MR) is 63.1 cm³/mol. The van der Waals surface area contributed by atoms with Gasteiger partial charge >= 0.3 is 0 Å². The van der Waals surface area contributed by atoms with Crippen LogP contribution in [0.15, 0.2) is 23.3 Å². The van der Waals surface area contributed by atoms with Crippen LogP contribution in [0.5, 0.6) is 5.75 Å². The Morgan fingerprint density at radius 1 is 1.53 bits per heavy atom. The fraction of sp³-hybridized carbons (Fsp3) is 0.333. The number of ether oxygens (including phenoxy) is 1. The minimum Gasteiger partial charge on any atom is -0.494 e. The van der Waals surface area contributed by atoms with Gasteiger partial charge in [0.15, 0.2) is 0 Å². The van der Waals surface area contributed by atoms with Crippen molar-refractivity contribution < 1.29 is 9.13 Å². The normalized spacial score (nSPS) is 8.82. The Bertz CT molecular complexity index is 484. The maximum atomic E-state index is 13.5. The molecule has 1 aromatic rings. The highest BCUT2D eigenvalue weighted by molar-refractivity contribution is 5.39. The molecule has 0 amide bonds. The maximum Gasteiger partial charge on any atom is 0.142 e. The summed E-state index contributed by atoms with van der Waals surface area (Å²) in [4.78, 5) is 2.60. The molecule has 0 fully saturated rings. The van der Waals surface area contributed by atoms with Crippen LogP contribution in [0.25, 0.3) is 10.4 Å². The van der Waals surface area contributed by atoms with E-state index in [0.29, 0.717) is 30.9 Å². The molecule has 0 unspecified atom stereocenters. The molecular formula is C12H12FN3O. The lowest BCUT2D eigenvalue weighted by Gasteiger charge is -2.02. The molecule has 0 atom stereocenters. The van der Waals surface area contributed by atoms with Crippen LogP contribution < -0.4 is 4.74 Å². The molecular weight excluding hydrogens is 221 g/mol. The summed E-state index contributed by atoms with van der Waals surface area (Å²) < 4.78 is 18.6. The van der Waals surface area contributed by atoms with Gasteiger partial charge in [-0.2, -0.15) is 0 Å². The van der Waals surface area contributed by atoms with Gasteiger partial charge in [0.1, 0.15) is 11.6 Å². The van der Waals surface area contributed by atoms with E-state index >= 15 is 0 Å². The summed E-state index contributed by atoms with van der Waals surface area (Å²) in [6, 6.07) is 4.55. The second-order valence-corrected chi connectivity index (χ2v) is 3.08. The molecule has 0 saturated carbocycles. The van der Waals surface area contributed by atoms with Crippen molar-refractivity contribution in [2.24, 2.45) is 5.11 Å². The van der Waals surface area contributed by atoms with Crippen molar-refractivity contribution in [3.8, 4) is 17.6 Å². The number of benzene rings is 1. The van der Waals surface area contributed by atoms with Crippen LogP contribution in [0.1, 0.15) is 18.9 Å². The first-order valence-electron chi connectivity index (χ1n) is 5.20. The van der Waals surface area contributed by atoms with Crippen LogP contribution in [-0.4, -0.2) is 13.2 Å². The van der Waals surface area contributed by atoms with E-state index in [1.807, 2.05) is 6.92 Å². The quantitative estimate of drug-likeness (QED) is 0.259. The number of hydrogen-bond acceptors (Lipinski definition) is 2. The number of halogens is 1. The zero-order chi connectivity index (χ0) is 12.5. The Morgan fingerprint density at radius 3 is 3.00 bits per heavy atom. The molecule has 0 aromatic heterocycles. The number of hydrogen-bond donors (Lipinski definition) is 0. The lowest BCUT2D eigenvalue weighted by atomic mass is 10.2. The van der Waals surface area contributed by atoms with E-state index < -0.39 is 5.82 Å². The third-order valence-corrected chi connectivity index (χ3v) is 1.87. The summed E-state index contributed by atoms with van der Waals surface area (Å²) in [6.45, 7) is 2.63. The number of rotatable bonds is 4. The van der Waals surface area contributed by atoms with Gasteiger partial charge in [0.25, 0.3) is 0 Å². The Morgan fingerprint density at radius 2 is 2.35 bits per heavy atom. The smallest absolute Gasteiger partial charge is 0.142 e. The van der Waals surface area contributed by atoms with Crippen LogP contribution in [0, 0.1) is 17.7 Å². The summed E-state index contributed by atoms with van der Waals surface area (Å²) in [6.07, 6.45) is 0.413. The van der Waals surface area contributed by atoms with Gasteiger partial charge < -0.3 is 4.74 Å². The molecule has 1 rings (SSSR count). The first kappa shape index (κ1) is 12.9. The third kappa shape index (κ3) is 4.45. The van der Waals surface area contributed by atoms with Crippen molar-refractivity contribution in [1.29, 1.82) is 0 Å². The summed E-state index contributed by atoms with van der Waals surface area (Å²) in [5.74, 6) is 5.49. The molecule has 88 valence electrons. The van der Waals surface area contributed by atoms with Crippen LogP contribution in [0.2, 0.25) is 0 Å². The fourth-order valence-corrected chi connectivity index (χ4v) is 1.16. The van der Waals surface area contributed by atoms with Crippen molar-refractivity contribution in [3.05, 3.63) is 40.0 Å². The van der Waals surface area contributed by atoms with Crippen molar-refractivity contribution in [2.75, 3.05) is 13.2 Å². The monoisotopic (exact) mass is 233 g/mol. The van der Waals surface area contributed by atoms with Crippen LogP contribution in [0.4, 0.5) is 4.39 Å². The lowest BCUT2D eigenvalue weighted by molar-refractivity contribution is 0.338. The molecule has 0 saturated heterocycles. The largest absolute Gasteiger partial charge is 0.494 e. The first-order valence-corrected chi connectivity index (χ1v) is 5.20. The molecule has 0 aliphatic rings. The molecule has 4 nitrogen and oxygen atoms in total. The highest BCUT2D eigenvalue weighted by Crippen LogP contribution is 2.15. The summed E-state index contributed by atoms with van der Waals surface area (Å²) in [5, 5.41) is 3.33. The Kier molecular flexibility index (Phi) is 5.42. The van der Waals surface area contributed by atoms with Gasteiger partial charge in [-0.3, -0.25) is 0 Å². The van der Waals surface area contributed by atoms with Crippen molar-refractivity contribution in [2.45, 2.75) is 13.3 Å². The van der Waals surface area contributed by atoms with Gasteiger partial charge in [0.2, 0.25) is 0 Å². The fourth-order valence-electron chi connectivity index (χ4n) is 1.16. The average molecular weight is 233 g/mol. The lowest BCUT2D eigenvalue weighted by Crippen LogP contribution is -1.93. The highest BCUT2D eigenvalue weighted by atomic mass is 19.1. The molecule has 0 bridgehead atoms. The van der Waals surface area contributed by atoms with E-state index in [1.54, 1.807) is 12.1 Å². The van der Waals surface area contributed by atoms with Gasteiger partial charge in [0, 0.05) is 23.9 Å². The Hall–Kier alpha value is -2.18. The summed E-state index contributed by atoms with van der Waals surface area (Å²) >= 11 is 0. The first-order chi connectivity index (χ1) is 8.27. The van der Waals surface area contributed by atoms with Gasteiger partial charge in [-0.05, 0) is 24.6 Å². The minimum absolute atomic E-state index is 0.294. The van der Waals surface area contributed by atoms with E-state index in [-0.39, 0.29) is 0 Å². The highest BCUT2D eigenvalue weighted by Gasteiger charge is 2.00. The zero-order valence-electron chi connectivity index (χ0n) is 9.48. The molecule has 0 N–H and O–H groups in total. The SMILES string of the molecule is CCOc1ccc(C#CCCN=[N+]=[N-])c(F)c1. The van der Waals surface area contributed by atoms with Crippen molar-refractivity contribution >= 4 is 0 Å². The third-order valence-electron chi connectivity index (χ3n) is 1.87. The average Bonchev–Trinajstić information content (AvgIpc) is 2.32. The molecule has 1 aromatic carbocycles. The predicted octanol–water partition coefficient (Wildman–Crippen LogP) is 3.28. The summed E-state index contributed by atoms with van der Waals surface area (Å²) in [5.41, 5.74) is 8.36. The second-order valence-electron chi connectivity index (χ2n) is 3.08. The molecule has 0 aliphatic heterocycles. The minimum atomic E-state index is -0.410. The molecule has 0 spiro atoms. The van der Waals surface area contributed by atoms with Crippen molar-refractivity contribution in [3.63, 3.8) is 0 Å². The Balaban J connectivity index is 2.68. The molecule has 0 heterocycles. The van der Waals surface area contributed by atoms with E-state index in [0.717, 1.165) is 0 Å². The van der Waals surface area contributed by atoms with Gasteiger partial charge in [-0.15, -0.1) is 0 Å². The van der Waals surface area contributed by atoms with Crippen molar-refractivity contribution in [1.82, 2.24) is 0 Å². The van der Waals surface area contributed by atoms with E-state index in [9.17, 15) is 4.39 Å². The molecule has 0 aliphatic carbocycles. The second kappa shape index (κ2) is 7.15. The topological polar surface area (TPSA) is 58.0 Å². The van der Waals surface area contributed by atoms with Crippen LogP contribution in [0.3, 0.4) is 0 Å². The molecule has 0 radical (unpaired) electrons. The number of nitrogens with zero attached hydrogens (tertiary/aromatic N) is 3. The van der Waals surface area contributed by atoms with Gasteiger partial charge in [-0.1, -0.05) is 17.0 Å².